The Balaban J connectivity index is 1.22. The van der Waals surface area contributed by atoms with E-state index in [9.17, 15) is 19.2 Å². The molecule has 1 saturated heterocycles. The summed E-state index contributed by atoms with van der Waals surface area (Å²) in [4.78, 5) is 58.7. The van der Waals surface area contributed by atoms with Crippen LogP contribution in [0.25, 0.3) is 10.4 Å². The summed E-state index contributed by atoms with van der Waals surface area (Å²) in [6, 6.07) is 14.6. The smallest absolute Gasteiger partial charge is 0.246 e. The number of nitrogens with two attached hydrogens (primary N) is 2. The molecule has 53 heavy (non-hydrogen) atoms. The fraction of sp³-hybridized carbons (Fsp3) is 0.537. The quantitative estimate of drug-likeness (QED) is 0.117. The van der Waals surface area contributed by atoms with E-state index in [1.165, 1.54) is 5.56 Å². The third kappa shape index (κ3) is 12.5. The van der Waals surface area contributed by atoms with Crippen molar-refractivity contribution in [2.75, 3.05) is 6.54 Å². The highest BCUT2D eigenvalue weighted by Gasteiger charge is 2.41. The van der Waals surface area contributed by atoms with Gasteiger partial charge in [0, 0.05) is 32.0 Å². The van der Waals surface area contributed by atoms with Crippen molar-refractivity contribution in [1.82, 2.24) is 20.5 Å². The van der Waals surface area contributed by atoms with Gasteiger partial charge in [0.1, 0.15) is 12.1 Å². The second-order valence-electron chi connectivity index (χ2n) is 15.3. The van der Waals surface area contributed by atoms with Crippen LogP contribution in [0, 0.1) is 12.3 Å². The van der Waals surface area contributed by atoms with Crippen LogP contribution in [0.3, 0.4) is 0 Å². The second-order valence-corrected chi connectivity index (χ2v) is 16.1. The number of carbonyl (C=O) groups is 4. The summed E-state index contributed by atoms with van der Waals surface area (Å²) in [6.45, 7) is 11.0. The van der Waals surface area contributed by atoms with Gasteiger partial charge in [-0.1, -0.05) is 75.7 Å². The van der Waals surface area contributed by atoms with Crippen LogP contribution in [0.4, 0.5) is 0 Å². The van der Waals surface area contributed by atoms with Crippen LogP contribution in [0.2, 0.25) is 0 Å². The highest BCUT2D eigenvalue weighted by molar-refractivity contribution is 7.13. The molecule has 288 valence electrons. The summed E-state index contributed by atoms with van der Waals surface area (Å²) >= 11 is 1.60. The van der Waals surface area contributed by atoms with Crippen LogP contribution < -0.4 is 22.1 Å². The van der Waals surface area contributed by atoms with Gasteiger partial charge in [0.05, 0.1) is 28.8 Å². The molecule has 11 nitrogen and oxygen atoms in total. The Morgan fingerprint density at radius 3 is 2.40 bits per heavy atom. The Morgan fingerprint density at radius 2 is 1.74 bits per heavy atom. The maximum atomic E-state index is 13.9. The maximum absolute atomic E-state index is 13.9. The summed E-state index contributed by atoms with van der Waals surface area (Å²) in [5.41, 5.74) is 18.1. The predicted octanol–water partition coefficient (Wildman–Crippen LogP) is 5.56. The number of aryl methyl sites for hydroxylation is 2. The number of aromatic nitrogens is 1. The molecule has 1 aromatic heterocycles. The average Bonchev–Trinajstić information content (AvgIpc) is 3.80. The van der Waals surface area contributed by atoms with E-state index in [1.807, 2.05) is 82.6 Å². The molecule has 0 bridgehead atoms. The standard InChI is InChI=1S/C41H58N6O5S/c1-27-37(53-26-45-27)31-19-17-29(18-20-31)24-44-39(50)34-15-11-23-47(34)40(51)38(41(3,4)5)46-36(49)16-8-6-7-12-30-13-9-10-14-32(30)25-52-28(2)33(42)21-22-35(43)48/h9-10,13-14,17-20,26,28,33-34,38H,6-8,11-12,15-16,21-25,42H2,1-5H3,(H2,43,48)(H,44,50)(H,46,49)/t28-,33+,34+,38-/m1/s1. The minimum Gasteiger partial charge on any atom is -0.372 e. The van der Waals surface area contributed by atoms with Crippen molar-refractivity contribution in [3.05, 3.63) is 76.4 Å². The molecule has 1 fully saturated rings. The first kappa shape index (κ1) is 41.6. The fourth-order valence-corrected chi connectivity index (χ4v) is 7.43. The van der Waals surface area contributed by atoms with Crippen LogP contribution in [0.15, 0.2) is 54.0 Å². The molecule has 0 spiro atoms. The summed E-state index contributed by atoms with van der Waals surface area (Å²) < 4.78 is 6.02. The average molecular weight is 747 g/mol. The number of amides is 4. The van der Waals surface area contributed by atoms with Gasteiger partial charge < -0.3 is 31.7 Å². The molecule has 0 radical (unpaired) electrons. The van der Waals surface area contributed by atoms with Gasteiger partial charge in [-0.2, -0.15) is 0 Å². The summed E-state index contributed by atoms with van der Waals surface area (Å²) in [6.07, 6.45) is 5.44. The molecule has 6 N–H and O–H groups in total. The van der Waals surface area contributed by atoms with Crippen LogP contribution >= 0.6 is 11.3 Å². The Labute approximate surface area is 318 Å². The molecule has 12 heteroatoms. The first-order valence-electron chi connectivity index (χ1n) is 18.8. The van der Waals surface area contributed by atoms with Gasteiger partial charge in [-0.05, 0) is 80.0 Å². The Kier molecular flexibility index (Phi) is 15.6. The third-order valence-corrected chi connectivity index (χ3v) is 11.0. The van der Waals surface area contributed by atoms with Gasteiger partial charge in [-0.15, -0.1) is 11.3 Å². The van der Waals surface area contributed by atoms with Crippen molar-refractivity contribution in [2.45, 2.75) is 130 Å². The van der Waals surface area contributed by atoms with Crippen molar-refractivity contribution in [3.8, 4) is 10.4 Å². The van der Waals surface area contributed by atoms with E-state index in [4.69, 9.17) is 16.2 Å². The normalized spacial score (nSPS) is 16.2. The first-order valence-corrected chi connectivity index (χ1v) is 19.7. The Hall–Kier alpha value is -4.13. The minimum atomic E-state index is -0.746. The lowest BCUT2D eigenvalue weighted by Crippen LogP contribution is -2.57. The third-order valence-electron chi connectivity index (χ3n) is 9.98. The van der Waals surface area contributed by atoms with E-state index in [-0.39, 0.29) is 42.2 Å². The molecule has 4 rings (SSSR count). The van der Waals surface area contributed by atoms with Gasteiger partial charge in [-0.3, -0.25) is 19.2 Å². The molecule has 0 saturated carbocycles. The van der Waals surface area contributed by atoms with E-state index in [1.54, 1.807) is 16.2 Å². The van der Waals surface area contributed by atoms with Crippen LogP contribution in [-0.2, 0) is 43.5 Å². The zero-order chi connectivity index (χ0) is 38.5. The van der Waals surface area contributed by atoms with Gasteiger partial charge in [0.25, 0.3) is 0 Å². The van der Waals surface area contributed by atoms with E-state index in [0.717, 1.165) is 52.9 Å². The predicted molar refractivity (Wildman–Crippen MR) is 210 cm³/mol. The van der Waals surface area contributed by atoms with Crippen molar-refractivity contribution >= 4 is 35.0 Å². The number of nitrogens with one attached hydrogen (secondary N) is 2. The number of ether oxygens (including phenoxy) is 1. The lowest BCUT2D eigenvalue weighted by Gasteiger charge is -2.35. The molecule has 0 unspecified atom stereocenters. The van der Waals surface area contributed by atoms with Gasteiger partial charge in [0.2, 0.25) is 23.6 Å². The second kappa shape index (κ2) is 19.8. The zero-order valence-corrected chi connectivity index (χ0v) is 32.8. The highest BCUT2D eigenvalue weighted by atomic mass is 32.1. The molecule has 4 atom stereocenters. The first-order chi connectivity index (χ1) is 25.2. The highest BCUT2D eigenvalue weighted by Crippen LogP contribution is 2.28. The molecule has 2 aromatic carbocycles. The minimum absolute atomic E-state index is 0.161. The monoisotopic (exact) mass is 746 g/mol. The van der Waals surface area contributed by atoms with E-state index in [2.05, 4.69) is 21.7 Å². The van der Waals surface area contributed by atoms with Gasteiger partial charge >= 0.3 is 0 Å². The number of benzene rings is 2. The Morgan fingerprint density at radius 1 is 1.02 bits per heavy atom. The number of hydrogen-bond donors (Lipinski definition) is 4. The van der Waals surface area contributed by atoms with Crippen molar-refractivity contribution in [1.29, 1.82) is 0 Å². The summed E-state index contributed by atoms with van der Waals surface area (Å²) in [5, 5.41) is 6.06. The molecule has 1 aliphatic heterocycles. The SMILES string of the molecule is Cc1ncsc1-c1ccc(CNC(=O)[C@@H]2CCCN2C(=O)[C@@H](NC(=O)CCCCCc2ccccc2CO[C@H](C)[C@@H](N)CCC(N)=O)C(C)(C)C)cc1. The number of unbranched alkanes of at least 4 members (excludes halogenated alkanes) is 2. The van der Waals surface area contributed by atoms with Crippen LogP contribution in [0.1, 0.15) is 101 Å². The molecular formula is C41H58N6O5S. The van der Waals surface area contributed by atoms with Gasteiger partial charge in [0.15, 0.2) is 0 Å². The molecule has 4 amide bonds. The number of carbonyl (C=O) groups excluding carboxylic acids is 4. The molecule has 2 heterocycles. The number of likely N-dealkylation sites (tertiary alicyclic amines) is 1. The zero-order valence-electron chi connectivity index (χ0n) is 32.0. The molecule has 1 aliphatic rings. The van der Waals surface area contributed by atoms with E-state index >= 15 is 0 Å². The number of primary amides is 1. The fourth-order valence-electron chi connectivity index (χ4n) is 6.62. The molecule has 3 aromatic rings. The van der Waals surface area contributed by atoms with Crippen LogP contribution in [0.5, 0.6) is 0 Å². The van der Waals surface area contributed by atoms with Crippen molar-refractivity contribution < 1.29 is 23.9 Å². The summed E-state index contributed by atoms with van der Waals surface area (Å²) in [5.74, 6) is -0.920. The maximum Gasteiger partial charge on any atom is 0.246 e. The summed E-state index contributed by atoms with van der Waals surface area (Å²) in [7, 11) is 0. The topological polar surface area (TPSA) is 170 Å². The Bertz CT molecular complexity index is 1670. The number of thiazole rings is 1. The van der Waals surface area contributed by atoms with E-state index in [0.29, 0.717) is 45.4 Å². The van der Waals surface area contributed by atoms with Crippen LogP contribution in [-0.4, -0.2) is 64.3 Å². The van der Waals surface area contributed by atoms with Crippen molar-refractivity contribution in [2.24, 2.45) is 16.9 Å². The molecule has 0 aliphatic carbocycles. The largest absolute Gasteiger partial charge is 0.372 e. The number of hydrogen-bond acceptors (Lipinski definition) is 8. The number of rotatable bonds is 19. The van der Waals surface area contributed by atoms with Gasteiger partial charge in [-0.25, -0.2) is 4.98 Å². The van der Waals surface area contributed by atoms with Crippen molar-refractivity contribution in [3.63, 3.8) is 0 Å². The molecular weight excluding hydrogens is 689 g/mol. The number of nitrogens with zero attached hydrogens (tertiary/aromatic N) is 2. The lowest BCUT2D eigenvalue weighted by molar-refractivity contribution is -0.143. The van der Waals surface area contributed by atoms with E-state index < -0.39 is 17.5 Å². The lowest BCUT2D eigenvalue weighted by atomic mass is 9.85.